The van der Waals surface area contributed by atoms with E-state index in [1.165, 1.54) is 71.2 Å². The second kappa shape index (κ2) is 12.1. The summed E-state index contributed by atoms with van der Waals surface area (Å²) in [6.45, 7) is 10.5. The zero-order valence-electron chi connectivity index (χ0n) is 32.7. The summed E-state index contributed by atoms with van der Waals surface area (Å²) >= 11 is 0. The largest absolute Gasteiger partial charge is 0.354 e. The van der Waals surface area contributed by atoms with Crippen LogP contribution in [0.1, 0.15) is 19.4 Å². The van der Waals surface area contributed by atoms with Crippen LogP contribution in [0.4, 0.5) is 22.7 Å². The van der Waals surface area contributed by atoms with E-state index in [2.05, 4.69) is 198 Å². The summed E-state index contributed by atoms with van der Waals surface area (Å²) in [5.74, 6) is 0. The number of anilines is 4. The number of para-hydroxylation sites is 2. The highest BCUT2D eigenvalue weighted by molar-refractivity contribution is 6.20. The minimum absolute atomic E-state index is 0.993. The van der Waals surface area contributed by atoms with Gasteiger partial charge >= 0.3 is 0 Å². The molecule has 0 spiro atoms. The molecule has 5 aromatic carbocycles. The minimum atomic E-state index is 0.993. The summed E-state index contributed by atoms with van der Waals surface area (Å²) in [5, 5.41) is 5.04. The third-order valence-electron chi connectivity index (χ3n) is 11.9. The van der Waals surface area contributed by atoms with Crippen LogP contribution in [0.3, 0.4) is 0 Å². The number of hydrogen-bond acceptors (Lipinski definition) is 3. The Morgan fingerprint density at radius 2 is 0.944 bits per heavy atom. The Hall–Kier alpha value is -6.34. The van der Waals surface area contributed by atoms with Crippen molar-refractivity contribution in [3.05, 3.63) is 133 Å². The fraction of sp³-hybridized carbons (Fsp3) is 0.191. The lowest BCUT2D eigenvalue weighted by Crippen LogP contribution is -2.19. The van der Waals surface area contributed by atoms with Gasteiger partial charge in [0.05, 0.1) is 44.1 Å². The molecule has 0 saturated heterocycles. The van der Waals surface area contributed by atoms with Gasteiger partial charge in [-0.15, -0.1) is 0 Å². The van der Waals surface area contributed by atoms with E-state index in [9.17, 15) is 0 Å². The Labute approximate surface area is 316 Å². The fourth-order valence-electron chi connectivity index (χ4n) is 8.77. The molecule has 0 aliphatic heterocycles. The maximum Gasteiger partial charge on any atom is 0.0751 e. The molecule has 0 amide bonds. The molecule has 54 heavy (non-hydrogen) atoms. The van der Waals surface area contributed by atoms with E-state index in [0.29, 0.717) is 0 Å². The van der Waals surface area contributed by atoms with Crippen LogP contribution in [-0.2, 0) is 28.2 Å². The highest BCUT2D eigenvalue weighted by atomic mass is 15.2. The van der Waals surface area contributed by atoms with Gasteiger partial charge in [-0.1, -0.05) is 49.0 Å². The zero-order valence-corrected chi connectivity index (χ0v) is 32.7. The number of aryl methyl sites for hydroxylation is 5. The smallest absolute Gasteiger partial charge is 0.0751 e. The average Bonchev–Trinajstić information content (AvgIpc) is 3.84. The summed E-state index contributed by atoms with van der Waals surface area (Å²) in [5.41, 5.74) is 17.7. The van der Waals surface area contributed by atoms with Gasteiger partial charge in [0, 0.05) is 104 Å². The van der Waals surface area contributed by atoms with E-state index in [1.807, 2.05) is 14.0 Å². The number of allylic oxidation sites excluding steroid dienone is 2. The van der Waals surface area contributed by atoms with Crippen LogP contribution in [-0.4, -0.2) is 37.3 Å². The van der Waals surface area contributed by atoms with Crippen LogP contribution in [0.5, 0.6) is 0 Å². The van der Waals surface area contributed by atoms with Gasteiger partial charge < -0.3 is 33.0 Å². The number of rotatable bonds is 7. The second-order valence-electron chi connectivity index (χ2n) is 15.0. The number of nitrogens with zero attached hydrogens (tertiary/aromatic N) is 7. The van der Waals surface area contributed by atoms with Crippen molar-refractivity contribution in [1.29, 1.82) is 0 Å². The highest BCUT2D eigenvalue weighted by Crippen LogP contribution is 2.44. The third kappa shape index (κ3) is 4.74. The Morgan fingerprint density at radius 3 is 1.43 bits per heavy atom. The standard InChI is InChI=1S/C47H47N7/c1-29(2)48(5)28-31(4)49(6)41-25-32(20-19-30(41)3)54(33-21-23-37-42(26-33)52(9)44-35-15-11-13-17-39(35)50(7)46(37)44)34-22-24-38-43(27-34)53(10)45-36-16-12-14-18-40(36)51(8)47(38)45/h11-28H,1H2,2-10H3/b31-28+. The zero-order chi connectivity index (χ0) is 37.7. The molecule has 0 N–H and O–H groups in total. The third-order valence-corrected chi connectivity index (χ3v) is 11.9. The van der Waals surface area contributed by atoms with Crippen molar-refractivity contribution in [2.75, 3.05) is 23.9 Å². The molecule has 9 rings (SSSR count). The van der Waals surface area contributed by atoms with E-state index >= 15 is 0 Å². The molecule has 0 aliphatic carbocycles. The van der Waals surface area contributed by atoms with Crippen molar-refractivity contribution in [1.82, 2.24) is 23.2 Å². The number of benzene rings is 5. The van der Waals surface area contributed by atoms with E-state index in [4.69, 9.17) is 0 Å². The van der Waals surface area contributed by atoms with E-state index in [0.717, 1.165) is 34.1 Å². The lowest BCUT2D eigenvalue weighted by Gasteiger charge is -2.29. The Kier molecular flexibility index (Phi) is 7.51. The summed E-state index contributed by atoms with van der Waals surface area (Å²) < 4.78 is 9.41. The van der Waals surface area contributed by atoms with Crippen LogP contribution in [0.25, 0.3) is 65.7 Å². The molecule has 4 heterocycles. The lowest BCUT2D eigenvalue weighted by molar-refractivity contribution is 0.565. The molecule has 9 aromatic rings. The number of hydrogen-bond donors (Lipinski definition) is 0. The van der Waals surface area contributed by atoms with Crippen molar-refractivity contribution in [3.63, 3.8) is 0 Å². The van der Waals surface area contributed by atoms with E-state index in [-0.39, 0.29) is 0 Å². The van der Waals surface area contributed by atoms with Crippen molar-refractivity contribution in [2.24, 2.45) is 28.2 Å². The maximum absolute atomic E-state index is 4.13. The molecular weight excluding hydrogens is 663 g/mol. The first kappa shape index (κ1) is 33.5. The first-order valence-corrected chi connectivity index (χ1v) is 18.6. The number of fused-ring (bicyclic) bond motifs is 10. The fourth-order valence-corrected chi connectivity index (χ4v) is 8.77. The summed E-state index contributed by atoms with van der Waals surface area (Å²) in [6.07, 6.45) is 2.14. The van der Waals surface area contributed by atoms with Gasteiger partial charge in [-0.05, 0) is 87.0 Å². The molecule has 7 heteroatoms. The summed E-state index contributed by atoms with van der Waals surface area (Å²) in [4.78, 5) is 6.76. The quantitative estimate of drug-likeness (QED) is 0.165. The molecule has 7 nitrogen and oxygen atoms in total. The molecule has 0 saturated carbocycles. The lowest BCUT2D eigenvalue weighted by atomic mass is 10.1. The molecule has 0 fully saturated rings. The first-order chi connectivity index (χ1) is 26.0. The van der Waals surface area contributed by atoms with Crippen LogP contribution in [0, 0.1) is 6.92 Å². The maximum atomic E-state index is 4.13. The van der Waals surface area contributed by atoms with Crippen molar-refractivity contribution < 1.29 is 0 Å². The van der Waals surface area contributed by atoms with E-state index < -0.39 is 0 Å². The minimum Gasteiger partial charge on any atom is -0.354 e. The molecule has 270 valence electrons. The topological polar surface area (TPSA) is 29.4 Å². The molecular formula is C47H47N7. The number of aromatic nitrogens is 4. The van der Waals surface area contributed by atoms with Crippen LogP contribution < -0.4 is 9.80 Å². The van der Waals surface area contributed by atoms with Crippen molar-refractivity contribution in [2.45, 2.75) is 20.8 Å². The van der Waals surface area contributed by atoms with Gasteiger partial charge in [0.15, 0.2) is 0 Å². The predicted octanol–water partition coefficient (Wildman–Crippen LogP) is 11.5. The monoisotopic (exact) mass is 709 g/mol. The Balaban J connectivity index is 1.27. The first-order valence-electron chi connectivity index (χ1n) is 18.6. The molecule has 0 atom stereocenters. The van der Waals surface area contributed by atoms with Crippen LogP contribution >= 0.6 is 0 Å². The molecule has 0 bridgehead atoms. The van der Waals surface area contributed by atoms with Crippen molar-refractivity contribution in [3.8, 4) is 0 Å². The molecule has 0 unspecified atom stereocenters. The van der Waals surface area contributed by atoms with Gasteiger partial charge in [-0.3, -0.25) is 0 Å². The molecule has 4 aromatic heterocycles. The Morgan fingerprint density at radius 1 is 0.537 bits per heavy atom. The van der Waals surface area contributed by atoms with Gasteiger partial charge in [0.2, 0.25) is 0 Å². The van der Waals surface area contributed by atoms with Crippen LogP contribution in [0.2, 0.25) is 0 Å². The van der Waals surface area contributed by atoms with Gasteiger partial charge in [-0.25, -0.2) is 0 Å². The predicted molar refractivity (Wildman–Crippen MR) is 232 cm³/mol. The van der Waals surface area contributed by atoms with E-state index in [1.54, 1.807) is 0 Å². The molecule has 0 radical (unpaired) electrons. The normalized spacial score (nSPS) is 12.4. The molecule has 0 aliphatic rings. The van der Waals surface area contributed by atoms with Crippen LogP contribution in [0.15, 0.2) is 127 Å². The van der Waals surface area contributed by atoms with Gasteiger partial charge in [-0.2, -0.15) is 0 Å². The van der Waals surface area contributed by atoms with Gasteiger partial charge in [0.25, 0.3) is 0 Å². The van der Waals surface area contributed by atoms with Crippen molar-refractivity contribution >= 4 is 88.4 Å². The summed E-state index contributed by atoms with van der Waals surface area (Å²) in [6, 6.07) is 38.1. The SMILES string of the molecule is C=C(C)N(C)/C=C(\C)N(C)c1cc(N(c2ccc3c(c2)n(C)c2c4ccccc4n(C)c32)c2ccc3c(c2)n(C)c2c4ccccc4n(C)c32)ccc1C. The highest BCUT2D eigenvalue weighted by Gasteiger charge is 2.23. The van der Waals surface area contributed by atoms with Gasteiger partial charge in [0.1, 0.15) is 0 Å². The second-order valence-corrected chi connectivity index (χ2v) is 15.0. The Bertz CT molecular complexity index is 2870. The average molecular weight is 710 g/mol. The summed E-state index contributed by atoms with van der Waals surface area (Å²) in [7, 11) is 13.0.